The maximum Gasteiger partial charge on any atom is 0.490 e. The number of fused-ring (bicyclic) bond motifs is 1. The fourth-order valence-corrected chi connectivity index (χ4v) is 3.89. The molecule has 31 heavy (non-hydrogen) atoms. The van der Waals surface area contributed by atoms with Crippen LogP contribution in [0.2, 0.25) is 0 Å². The van der Waals surface area contributed by atoms with Gasteiger partial charge in [-0.25, -0.2) is 4.79 Å². The van der Waals surface area contributed by atoms with Crippen molar-refractivity contribution in [3.8, 4) is 0 Å². The summed E-state index contributed by atoms with van der Waals surface area (Å²) in [5, 5.41) is 10.1. The van der Waals surface area contributed by atoms with Crippen LogP contribution >= 0.6 is 0 Å². The minimum Gasteiger partial charge on any atom is -0.475 e. The number of carboxylic acid groups (broad SMARTS) is 1. The second-order valence-electron chi connectivity index (χ2n) is 7.33. The van der Waals surface area contributed by atoms with Crippen LogP contribution in [-0.4, -0.2) is 59.9 Å². The van der Waals surface area contributed by atoms with Crippen LogP contribution in [0, 0.1) is 5.92 Å². The molecule has 1 aliphatic heterocycles. The van der Waals surface area contributed by atoms with Crippen LogP contribution in [0.15, 0.2) is 45.8 Å². The maximum atomic E-state index is 12.0. The quantitative estimate of drug-likeness (QED) is 0.731. The first kappa shape index (κ1) is 22.9. The number of aliphatic carboxylic acids is 1. The van der Waals surface area contributed by atoms with Crippen molar-refractivity contribution >= 4 is 11.9 Å². The first-order chi connectivity index (χ1) is 14.8. The first-order valence-corrected chi connectivity index (χ1v) is 9.74. The third-order valence-electron chi connectivity index (χ3n) is 5.31. The van der Waals surface area contributed by atoms with Crippen LogP contribution < -0.4 is 5.32 Å². The molecule has 3 unspecified atom stereocenters. The van der Waals surface area contributed by atoms with Gasteiger partial charge in [0.2, 0.25) is 0 Å². The number of rotatable bonds is 5. The molecule has 2 fully saturated rings. The van der Waals surface area contributed by atoms with Gasteiger partial charge in [0.1, 0.15) is 0 Å². The van der Waals surface area contributed by atoms with Crippen molar-refractivity contribution in [2.45, 2.75) is 37.7 Å². The Morgan fingerprint density at radius 3 is 2.61 bits per heavy atom. The number of morpholine rings is 1. The third-order valence-corrected chi connectivity index (χ3v) is 5.31. The second kappa shape index (κ2) is 10.0. The maximum absolute atomic E-state index is 12.0. The SMILES string of the molecule is O=C(NCC1CCC2C1OCCN2Cc1ccoc1)c1ccco1.O=C(O)C(F)(F)F. The standard InChI is InChI=1S/C18H22N2O4.C2HF3O2/c21-18(16-2-1-7-23-16)19-10-14-3-4-15-17(14)24-9-6-20(15)11-13-5-8-22-12-13;3-2(4,5)1(6)7/h1-2,5,7-8,12,14-15,17H,3-4,6,9-11H2,(H,19,21);(H,6,7). The Kier molecular flexibility index (Phi) is 7.39. The van der Waals surface area contributed by atoms with E-state index in [1.54, 1.807) is 24.7 Å². The number of amides is 1. The van der Waals surface area contributed by atoms with E-state index in [0.29, 0.717) is 24.3 Å². The van der Waals surface area contributed by atoms with Crippen molar-refractivity contribution in [1.82, 2.24) is 10.2 Å². The number of hydrogen-bond donors (Lipinski definition) is 2. The van der Waals surface area contributed by atoms with E-state index >= 15 is 0 Å². The first-order valence-electron chi connectivity index (χ1n) is 9.74. The summed E-state index contributed by atoms with van der Waals surface area (Å²) < 4.78 is 48.1. The van der Waals surface area contributed by atoms with Gasteiger partial charge in [0.05, 0.1) is 31.5 Å². The topological polar surface area (TPSA) is 105 Å². The zero-order valence-electron chi connectivity index (χ0n) is 16.5. The molecule has 3 heterocycles. The Bertz CT molecular complexity index is 838. The molecule has 2 aromatic heterocycles. The molecule has 3 atom stereocenters. The molecule has 1 saturated heterocycles. The highest BCUT2D eigenvalue weighted by atomic mass is 19.4. The van der Waals surface area contributed by atoms with E-state index in [9.17, 15) is 18.0 Å². The lowest BCUT2D eigenvalue weighted by atomic mass is 10.0. The van der Waals surface area contributed by atoms with E-state index in [-0.39, 0.29) is 12.0 Å². The normalized spacial score (nSPS) is 23.5. The van der Waals surface area contributed by atoms with E-state index in [1.807, 2.05) is 6.07 Å². The molecule has 170 valence electrons. The van der Waals surface area contributed by atoms with Gasteiger partial charge in [-0.2, -0.15) is 13.2 Å². The van der Waals surface area contributed by atoms with Crippen LogP contribution in [0.1, 0.15) is 29.0 Å². The largest absolute Gasteiger partial charge is 0.490 e. The minimum absolute atomic E-state index is 0.158. The number of nitrogens with one attached hydrogen (secondary N) is 1. The molecule has 4 rings (SSSR count). The molecule has 2 N–H and O–H groups in total. The van der Waals surface area contributed by atoms with Gasteiger partial charge in [-0.05, 0) is 31.0 Å². The second-order valence-corrected chi connectivity index (χ2v) is 7.33. The molecule has 1 amide bonds. The average molecular weight is 444 g/mol. The van der Waals surface area contributed by atoms with E-state index in [0.717, 1.165) is 32.5 Å². The van der Waals surface area contributed by atoms with Gasteiger partial charge >= 0.3 is 12.1 Å². The van der Waals surface area contributed by atoms with Gasteiger partial charge in [-0.1, -0.05) is 0 Å². The Morgan fingerprint density at radius 2 is 2.00 bits per heavy atom. The number of ether oxygens (including phenoxy) is 1. The average Bonchev–Trinajstić information content (AvgIpc) is 3.48. The zero-order chi connectivity index (χ0) is 22.4. The van der Waals surface area contributed by atoms with Crippen molar-refractivity contribution in [2.75, 3.05) is 19.7 Å². The summed E-state index contributed by atoms with van der Waals surface area (Å²) in [6, 6.07) is 5.83. The lowest BCUT2D eigenvalue weighted by Crippen LogP contribution is -2.50. The summed E-state index contributed by atoms with van der Waals surface area (Å²) in [5.74, 6) is -2.21. The number of hydrogen-bond acceptors (Lipinski definition) is 6. The number of carbonyl (C=O) groups excluding carboxylic acids is 1. The monoisotopic (exact) mass is 444 g/mol. The van der Waals surface area contributed by atoms with Crippen LogP contribution in [0.3, 0.4) is 0 Å². The molecule has 0 bridgehead atoms. The zero-order valence-corrected chi connectivity index (χ0v) is 16.5. The van der Waals surface area contributed by atoms with Crippen LogP contribution in [0.5, 0.6) is 0 Å². The molecule has 1 aliphatic carbocycles. The number of carboxylic acids is 1. The van der Waals surface area contributed by atoms with Crippen molar-refractivity contribution in [3.63, 3.8) is 0 Å². The number of alkyl halides is 3. The molecule has 2 aliphatic rings. The highest BCUT2D eigenvalue weighted by molar-refractivity contribution is 5.91. The molecule has 8 nitrogen and oxygen atoms in total. The lowest BCUT2D eigenvalue weighted by Gasteiger charge is -2.39. The molecule has 0 radical (unpaired) electrons. The van der Waals surface area contributed by atoms with Crippen LogP contribution in [0.4, 0.5) is 13.2 Å². The Hall–Kier alpha value is -2.79. The van der Waals surface area contributed by atoms with E-state index in [2.05, 4.69) is 10.2 Å². The minimum atomic E-state index is -5.08. The molecule has 0 spiro atoms. The molecule has 1 saturated carbocycles. The summed E-state index contributed by atoms with van der Waals surface area (Å²) in [6.07, 6.45) is 2.30. The lowest BCUT2D eigenvalue weighted by molar-refractivity contribution is -0.192. The van der Waals surface area contributed by atoms with Gasteiger partial charge in [0, 0.05) is 37.2 Å². The Balaban J connectivity index is 0.000000339. The van der Waals surface area contributed by atoms with Crippen molar-refractivity contribution in [3.05, 3.63) is 48.3 Å². The van der Waals surface area contributed by atoms with Gasteiger partial charge in [0.15, 0.2) is 5.76 Å². The highest BCUT2D eigenvalue weighted by Crippen LogP contribution is 2.35. The fraction of sp³-hybridized carbons (Fsp3) is 0.500. The summed E-state index contributed by atoms with van der Waals surface area (Å²) in [6.45, 7) is 3.20. The van der Waals surface area contributed by atoms with Gasteiger partial charge in [-0.15, -0.1) is 0 Å². The molecular weight excluding hydrogens is 421 g/mol. The van der Waals surface area contributed by atoms with Gasteiger partial charge in [0.25, 0.3) is 5.91 Å². The summed E-state index contributed by atoms with van der Waals surface area (Å²) in [5.41, 5.74) is 1.20. The van der Waals surface area contributed by atoms with Gasteiger partial charge in [-0.3, -0.25) is 9.69 Å². The predicted molar refractivity (Wildman–Crippen MR) is 100 cm³/mol. The molecular formula is C20H23F3N2O6. The summed E-state index contributed by atoms with van der Waals surface area (Å²) in [4.78, 5) is 23.4. The molecule has 2 aromatic rings. The van der Waals surface area contributed by atoms with Crippen molar-refractivity contribution < 1.29 is 41.4 Å². The summed E-state index contributed by atoms with van der Waals surface area (Å²) in [7, 11) is 0. The van der Waals surface area contributed by atoms with E-state index in [1.165, 1.54) is 11.8 Å². The van der Waals surface area contributed by atoms with Gasteiger partial charge < -0.3 is 24.0 Å². The number of halogens is 3. The number of nitrogens with zero attached hydrogens (tertiary/aromatic N) is 1. The Morgan fingerprint density at radius 1 is 1.23 bits per heavy atom. The van der Waals surface area contributed by atoms with E-state index in [4.69, 9.17) is 23.5 Å². The summed E-state index contributed by atoms with van der Waals surface area (Å²) >= 11 is 0. The number of carbonyl (C=O) groups is 2. The number of furan rings is 2. The molecule has 0 aromatic carbocycles. The Labute approximate surface area is 175 Å². The fourth-order valence-electron chi connectivity index (χ4n) is 3.89. The smallest absolute Gasteiger partial charge is 0.475 e. The van der Waals surface area contributed by atoms with Crippen molar-refractivity contribution in [1.29, 1.82) is 0 Å². The predicted octanol–water partition coefficient (Wildman–Crippen LogP) is 2.92. The molecule has 11 heteroatoms. The van der Waals surface area contributed by atoms with Crippen LogP contribution in [-0.2, 0) is 16.1 Å². The highest BCUT2D eigenvalue weighted by Gasteiger charge is 2.42. The third kappa shape index (κ3) is 6.11. The van der Waals surface area contributed by atoms with E-state index < -0.39 is 12.1 Å². The van der Waals surface area contributed by atoms with Crippen molar-refractivity contribution in [2.24, 2.45) is 5.92 Å². The van der Waals surface area contributed by atoms with Crippen LogP contribution in [0.25, 0.3) is 0 Å².